The molecule has 1 fully saturated rings. The molecule has 1 amide bonds. The van der Waals surface area contributed by atoms with Crippen LogP contribution >= 0.6 is 0 Å². The highest BCUT2D eigenvalue weighted by atomic mass is 16.2. The lowest BCUT2D eigenvalue weighted by Crippen LogP contribution is -2.41. The van der Waals surface area contributed by atoms with E-state index in [0.717, 1.165) is 40.7 Å². The number of aryl methyl sites for hydroxylation is 1. The van der Waals surface area contributed by atoms with Gasteiger partial charge >= 0.3 is 5.69 Å². The van der Waals surface area contributed by atoms with Crippen molar-refractivity contribution in [2.24, 2.45) is 7.05 Å². The SMILES string of the molecule is Cn1c(=O)n(CC(=O)N2CCC(c3nc4ccccc4[nH]3)CC2)c2ccccc21. The van der Waals surface area contributed by atoms with Gasteiger partial charge in [0.2, 0.25) is 5.91 Å². The molecule has 4 aromatic rings. The molecule has 5 rings (SSSR count). The van der Waals surface area contributed by atoms with Gasteiger partial charge in [-0.15, -0.1) is 0 Å². The summed E-state index contributed by atoms with van der Waals surface area (Å²) in [4.78, 5) is 35.5. The van der Waals surface area contributed by atoms with Crippen LogP contribution in [-0.4, -0.2) is 43.0 Å². The molecule has 0 bridgehead atoms. The van der Waals surface area contributed by atoms with Crippen LogP contribution < -0.4 is 5.69 Å². The number of rotatable bonds is 3. The van der Waals surface area contributed by atoms with E-state index in [9.17, 15) is 9.59 Å². The van der Waals surface area contributed by atoms with E-state index in [0.29, 0.717) is 19.0 Å². The molecule has 0 unspecified atom stereocenters. The van der Waals surface area contributed by atoms with E-state index in [1.165, 1.54) is 0 Å². The lowest BCUT2D eigenvalue weighted by atomic mass is 9.96. The maximum atomic E-state index is 12.9. The van der Waals surface area contributed by atoms with Gasteiger partial charge in [-0.25, -0.2) is 9.78 Å². The minimum absolute atomic E-state index is 0.00786. The molecule has 29 heavy (non-hydrogen) atoms. The molecule has 0 saturated carbocycles. The predicted octanol–water partition coefficient (Wildman–Crippen LogP) is 2.62. The van der Waals surface area contributed by atoms with Gasteiger partial charge in [-0.1, -0.05) is 24.3 Å². The highest BCUT2D eigenvalue weighted by Gasteiger charge is 2.26. The van der Waals surface area contributed by atoms with Gasteiger partial charge in [0.15, 0.2) is 0 Å². The second-order valence-corrected chi connectivity index (χ2v) is 7.71. The van der Waals surface area contributed by atoms with Gasteiger partial charge in [0.1, 0.15) is 12.4 Å². The Morgan fingerprint density at radius 1 is 1.07 bits per heavy atom. The Morgan fingerprint density at radius 2 is 1.76 bits per heavy atom. The molecule has 7 nitrogen and oxygen atoms in total. The molecule has 0 atom stereocenters. The van der Waals surface area contributed by atoms with Crippen molar-refractivity contribution in [3.8, 4) is 0 Å². The molecule has 3 heterocycles. The molecule has 1 aliphatic rings. The first-order valence-corrected chi connectivity index (χ1v) is 9.98. The predicted molar refractivity (Wildman–Crippen MR) is 112 cm³/mol. The van der Waals surface area contributed by atoms with Crippen LogP contribution in [0.15, 0.2) is 53.3 Å². The summed E-state index contributed by atoms with van der Waals surface area (Å²) in [5.41, 5.74) is 3.52. The minimum Gasteiger partial charge on any atom is -0.342 e. The smallest absolute Gasteiger partial charge is 0.329 e. The summed E-state index contributed by atoms with van der Waals surface area (Å²) in [6.07, 6.45) is 1.74. The van der Waals surface area contributed by atoms with Gasteiger partial charge in [-0.2, -0.15) is 0 Å². The molecule has 2 aromatic heterocycles. The molecule has 148 valence electrons. The van der Waals surface area contributed by atoms with Crippen LogP contribution in [0, 0.1) is 0 Å². The van der Waals surface area contributed by atoms with Crippen molar-refractivity contribution in [1.29, 1.82) is 0 Å². The number of para-hydroxylation sites is 4. The number of aromatic amines is 1. The molecular weight excluding hydrogens is 366 g/mol. The number of benzene rings is 2. The number of nitrogens with zero attached hydrogens (tertiary/aromatic N) is 4. The zero-order chi connectivity index (χ0) is 20.0. The van der Waals surface area contributed by atoms with Crippen molar-refractivity contribution in [1.82, 2.24) is 24.0 Å². The van der Waals surface area contributed by atoms with Crippen LogP contribution in [0.2, 0.25) is 0 Å². The molecule has 0 spiro atoms. The maximum absolute atomic E-state index is 12.9. The van der Waals surface area contributed by atoms with E-state index >= 15 is 0 Å². The fourth-order valence-corrected chi connectivity index (χ4v) is 4.32. The lowest BCUT2D eigenvalue weighted by molar-refractivity contribution is -0.132. The van der Waals surface area contributed by atoms with Gasteiger partial charge in [0.25, 0.3) is 0 Å². The third-order valence-corrected chi connectivity index (χ3v) is 5.99. The van der Waals surface area contributed by atoms with E-state index in [2.05, 4.69) is 4.98 Å². The Bertz CT molecular complexity index is 1220. The summed E-state index contributed by atoms with van der Waals surface area (Å²) in [5, 5.41) is 0. The fraction of sp³-hybridized carbons (Fsp3) is 0.318. The Labute approximate surface area is 167 Å². The monoisotopic (exact) mass is 389 g/mol. The Hall–Kier alpha value is -3.35. The van der Waals surface area contributed by atoms with Gasteiger partial charge < -0.3 is 9.88 Å². The van der Waals surface area contributed by atoms with Crippen molar-refractivity contribution in [2.75, 3.05) is 13.1 Å². The summed E-state index contributed by atoms with van der Waals surface area (Å²) < 4.78 is 3.17. The molecule has 1 aliphatic heterocycles. The van der Waals surface area contributed by atoms with E-state index in [1.807, 2.05) is 53.4 Å². The van der Waals surface area contributed by atoms with Crippen molar-refractivity contribution in [3.63, 3.8) is 0 Å². The zero-order valence-electron chi connectivity index (χ0n) is 16.3. The van der Waals surface area contributed by atoms with E-state index < -0.39 is 0 Å². The van der Waals surface area contributed by atoms with Crippen molar-refractivity contribution < 1.29 is 4.79 Å². The van der Waals surface area contributed by atoms with Crippen LogP contribution in [0.5, 0.6) is 0 Å². The maximum Gasteiger partial charge on any atom is 0.329 e. The van der Waals surface area contributed by atoms with Crippen LogP contribution in [0.1, 0.15) is 24.6 Å². The summed E-state index contributed by atoms with van der Waals surface area (Å²) in [6.45, 7) is 1.44. The second kappa shape index (κ2) is 6.92. The first-order chi connectivity index (χ1) is 14.1. The van der Waals surface area contributed by atoms with Gasteiger partial charge in [-0.3, -0.25) is 13.9 Å². The van der Waals surface area contributed by atoms with Crippen LogP contribution in [0.3, 0.4) is 0 Å². The number of aromatic nitrogens is 4. The number of H-pyrrole nitrogens is 1. The second-order valence-electron chi connectivity index (χ2n) is 7.71. The van der Waals surface area contributed by atoms with Gasteiger partial charge in [0.05, 0.1) is 22.1 Å². The first-order valence-electron chi connectivity index (χ1n) is 9.98. The average Bonchev–Trinajstić information content (AvgIpc) is 3.29. The number of amides is 1. The van der Waals surface area contributed by atoms with Crippen molar-refractivity contribution >= 4 is 28.0 Å². The number of imidazole rings is 2. The number of hydrogen-bond donors (Lipinski definition) is 1. The standard InChI is InChI=1S/C22H23N5O2/c1-25-18-8-4-5-9-19(18)27(22(25)29)14-20(28)26-12-10-15(11-13-26)21-23-16-6-2-3-7-17(16)24-21/h2-9,15H,10-14H2,1H3,(H,23,24). The molecule has 2 aromatic carbocycles. The first kappa shape index (κ1) is 17.7. The average molecular weight is 389 g/mol. The summed E-state index contributed by atoms with van der Waals surface area (Å²) in [5.74, 6) is 1.32. The highest BCUT2D eigenvalue weighted by molar-refractivity contribution is 5.81. The molecule has 7 heteroatoms. The van der Waals surface area contributed by atoms with E-state index in [4.69, 9.17) is 4.98 Å². The third kappa shape index (κ3) is 3.03. The summed E-state index contributed by atoms with van der Waals surface area (Å²) in [7, 11) is 1.74. The molecule has 1 N–H and O–H groups in total. The summed E-state index contributed by atoms with van der Waals surface area (Å²) in [6, 6.07) is 15.6. The zero-order valence-corrected chi connectivity index (χ0v) is 16.3. The number of fused-ring (bicyclic) bond motifs is 2. The largest absolute Gasteiger partial charge is 0.342 e. The molecule has 0 aliphatic carbocycles. The molecular formula is C22H23N5O2. The molecule has 1 saturated heterocycles. The van der Waals surface area contributed by atoms with Gasteiger partial charge in [-0.05, 0) is 37.1 Å². The van der Waals surface area contributed by atoms with Crippen LogP contribution in [0.4, 0.5) is 0 Å². The number of carbonyl (C=O) groups is 1. The number of carbonyl (C=O) groups excluding carboxylic acids is 1. The number of hydrogen-bond acceptors (Lipinski definition) is 3. The minimum atomic E-state index is -0.156. The Kier molecular flexibility index (Phi) is 4.23. The lowest BCUT2D eigenvalue weighted by Gasteiger charge is -2.31. The quantitative estimate of drug-likeness (QED) is 0.585. The Balaban J connectivity index is 1.29. The normalized spacial score (nSPS) is 15.4. The number of nitrogens with one attached hydrogen (secondary N) is 1. The van der Waals surface area contributed by atoms with E-state index in [-0.39, 0.29) is 18.1 Å². The van der Waals surface area contributed by atoms with Gasteiger partial charge in [0, 0.05) is 26.1 Å². The summed E-state index contributed by atoms with van der Waals surface area (Å²) >= 11 is 0. The molecule has 0 radical (unpaired) electrons. The van der Waals surface area contributed by atoms with Crippen LogP contribution in [-0.2, 0) is 18.4 Å². The Morgan fingerprint density at radius 3 is 2.52 bits per heavy atom. The van der Waals surface area contributed by atoms with Crippen molar-refractivity contribution in [2.45, 2.75) is 25.3 Å². The van der Waals surface area contributed by atoms with Crippen LogP contribution in [0.25, 0.3) is 22.1 Å². The highest BCUT2D eigenvalue weighted by Crippen LogP contribution is 2.28. The number of likely N-dealkylation sites (tertiary alicyclic amines) is 1. The fourth-order valence-electron chi connectivity index (χ4n) is 4.32. The van der Waals surface area contributed by atoms with E-state index in [1.54, 1.807) is 16.2 Å². The topological polar surface area (TPSA) is 75.9 Å². The van der Waals surface area contributed by atoms with Crippen molar-refractivity contribution in [3.05, 3.63) is 64.8 Å². The third-order valence-electron chi connectivity index (χ3n) is 5.99. The number of piperidine rings is 1.